The van der Waals surface area contributed by atoms with E-state index >= 15 is 0 Å². The van der Waals surface area contributed by atoms with Gasteiger partial charge in [0.05, 0.1) is 10.6 Å². The fourth-order valence-corrected chi connectivity index (χ4v) is 1.81. The molecule has 2 N–H and O–H groups in total. The second-order valence-corrected chi connectivity index (χ2v) is 4.72. The van der Waals surface area contributed by atoms with Crippen molar-refractivity contribution in [3.63, 3.8) is 0 Å². The summed E-state index contributed by atoms with van der Waals surface area (Å²) < 4.78 is 0. The molecule has 1 amide bonds. The Hall–Kier alpha value is -1.06. The van der Waals surface area contributed by atoms with Gasteiger partial charge in [-0.25, -0.2) is 0 Å². The van der Waals surface area contributed by atoms with Crippen molar-refractivity contribution in [2.75, 3.05) is 13.2 Å². The number of aliphatic hydroxyl groups excluding tert-OH is 1. The number of nitrogens with one attached hydrogen (secondary N) is 1. The molecule has 0 spiro atoms. The second kappa shape index (κ2) is 6.62. The molecule has 0 saturated heterocycles. The van der Waals surface area contributed by atoms with Crippen molar-refractivity contribution in [1.29, 1.82) is 0 Å². The third kappa shape index (κ3) is 4.36. The van der Waals surface area contributed by atoms with Crippen molar-refractivity contribution >= 4 is 17.5 Å². The summed E-state index contributed by atoms with van der Waals surface area (Å²) in [4.78, 5) is 11.8. The molecule has 0 fully saturated rings. The van der Waals surface area contributed by atoms with Gasteiger partial charge in [-0.05, 0) is 37.0 Å². The Labute approximate surface area is 107 Å². The molecule has 1 atom stereocenters. The van der Waals surface area contributed by atoms with Crippen LogP contribution >= 0.6 is 11.6 Å². The summed E-state index contributed by atoms with van der Waals surface area (Å²) in [6.07, 6.45) is 0.682. The van der Waals surface area contributed by atoms with E-state index in [-0.39, 0.29) is 18.4 Å². The fourth-order valence-electron chi connectivity index (χ4n) is 1.49. The molecule has 0 aromatic heterocycles. The Morgan fingerprint density at radius 1 is 1.53 bits per heavy atom. The fraction of sp³-hybridized carbons (Fsp3) is 0.462. The number of halogens is 1. The van der Waals surface area contributed by atoms with Crippen molar-refractivity contribution in [2.24, 2.45) is 5.92 Å². The van der Waals surface area contributed by atoms with E-state index < -0.39 is 0 Å². The first-order valence-corrected chi connectivity index (χ1v) is 6.07. The summed E-state index contributed by atoms with van der Waals surface area (Å²) in [5.74, 6) is 0.0907. The lowest BCUT2D eigenvalue weighted by Crippen LogP contribution is -2.28. The van der Waals surface area contributed by atoms with Crippen LogP contribution in [0.3, 0.4) is 0 Å². The van der Waals surface area contributed by atoms with Crippen LogP contribution in [0.4, 0.5) is 0 Å². The molecule has 3 nitrogen and oxygen atoms in total. The molecule has 1 rings (SSSR count). The summed E-state index contributed by atoms with van der Waals surface area (Å²) in [6.45, 7) is 4.59. The Kier molecular flexibility index (Phi) is 5.45. The zero-order valence-electron chi connectivity index (χ0n) is 10.2. The van der Waals surface area contributed by atoms with Gasteiger partial charge in [0.15, 0.2) is 0 Å². The van der Waals surface area contributed by atoms with Crippen LogP contribution in [0.5, 0.6) is 0 Å². The quantitative estimate of drug-likeness (QED) is 0.849. The lowest BCUT2D eigenvalue weighted by Gasteiger charge is -2.12. The Morgan fingerprint density at radius 2 is 2.24 bits per heavy atom. The number of hydrogen-bond acceptors (Lipinski definition) is 2. The van der Waals surface area contributed by atoms with Gasteiger partial charge >= 0.3 is 0 Å². The third-order valence-corrected chi connectivity index (χ3v) is 2.91. The van der Waals surface area contributed by atoms with E-state index in [0.29, 0.717) is 23.6 Å². The normalized spacial score (nSPS) is 12.2. The van der Waals surface area contributed by atoms with Crippen molar-refractivity contribution < 1.29 is 9.90 Å². The molecule has 0 saturated carbocycles. The van der Waals surface area contributed by atoms with Gasteiger partial charge < -0.3 is 10.4 Å². The Balaban J connectivity index is 2.58. The predicted molar refractivity (Wildman–Crippen MR) is 69.4 cm³/mol. The number of hydrogen-bond donors (Lipinski definition) is 2. The van der Waals surface area contributed by atoms with Crippen LogP contribution in [0.15, 0.2) is 18.2 Å². The highest BCUT2D eigenvalue weighted by atomic mass is 35.5. The van der Waals surface area contributed by atoms with Crippen molar-refractivity contribution in [1.82, 2.24) is 5.32 Å². The lowest BCUT2D eigenvalue weighted by molar-refractivity contribution is 0.0945. The van der Waals surface area contributed by atoms with Gasteiger partial charge in [-0.3, -0.25) is 4.79 Å². The van der Waals surface area contributed by atoms with Gasteiger partial charge in [0.2, 0.25) is 0 Å². The van der Waals surface area contributed by atoms with E-state index in [0.717, 1.165) is 5.56 Å². The Bertz CT molecular complexity index is 393. The molecule has 1 aromatic carbocycles. The van der Waals surface area contributed by atoms with Gasteiger partial charge in [-0.2, -0.15) is 0 Å². The topological polar surface area (TPSA) is 49.3 Å². The molecule has 4 heteroatoms. The zero-order valence-corrected chi connectivity index (χ0v) is 10.9. The highest BCUT2D eigenvalue weighted by Gasteiger charge is 2.11. The first kappa shape index (κ1) is 14.0. The first-order chi connectivity index (χ1) is 8.04. The van der Waals surface area contributed by atoms with E-state index in [9.17, 15) is 4.79 Å². The van der Waals surface area contributed by atoms with Crippen LogP contribution in [0.1, 0.15) is 29.3 Å². The monoisotopic (exact) mass is 255 g/mol. The zero-order chi connectivity index (χ0) is 12.8. The molecule has 0 aliphatic heterocycles. The number of benzene rings is 1. The summed E-state index contributed by atoms with van der Waals surface area (Å²) in [6, 6.07) is 5.36. The van der Waals surface area contributed by atoms with Crippen LogP contribution in [0, 0.1) is 12.8 Å². The molecule has 0 aliphatic rings. The molecule has 1 unspecified atom stereocenters. The van der Waals surface area contributed by atoms with Gasteiger partial charge in [0, 0.05) is 13.2 Å². The minimum Gasteiger partial charge on any atom is -0.396 e. The second-order valence-electron chi connectivity index (χ2n) is 4.31. The average molecular weight is 256 g/mol. The van der Waals surface area contributed by atoms with Crippen LogP contribution < -0.4 is 5.32 Å². The van der Waals surface area contributed by atoms with Crippen molar-refractivity contribution in [2.45, 2.75) is 20.3 Å². The smallest absolute Gasteiger partial charge is 0.252 e. The molecular weight excluding hydrogens is 238 g/mol. The minimum atomic E-state index is -0.167. The number of rotatable bonds is 5. The molecule has 0 heterocycles. The standard InChI is InChI=1S/C13H18ClNO2/c1-9-3-4-11(12(14)7-9)13(17)15-8-10(2)5-6-16/h3-4,7,10,16H,5-6,8H2,1-2H3,(H,15,17). The van der Waals surface area contributed by atoms with E-state index in [4.69, 9.17) is 16.7 Å². The number of carbonyl (C=O) groups excluding carboxylic acids is 1. The maximum Gasteiger partial charge on any atom is 0.252 e. The van der Waals surface area contributed by atoms with Gasteiger partial charge in [0.25, 0.3) is 5.91 Å². The highest BCUT2D eigenvalue weighted by molar-refractivity contribution is 6.33. The number of aliphatic hydroxyl groups is 1. The predicted octanol–water partition coefficient (Wildman–Crippen LogP) is 2.40. The first-order valence-electron chi connectivity index (χ1n) is 5.69. The molecule has 94 valence electrons. The molecule has 0 bridgehead atoms. The molecule has 0 radical (unpaired) electrons. The molecule has 0 aliphatic carbocycles. The molecule has 17 heavy (non-hydrogen) atoms. The van der Waals surface area contributed by atoms with Crippen LogP contribution in [-0.2, 0) is 0 Å². The summed E-state index contributed by atoms with van der Waals surface area (Å²) in [5.41, 5.74) is 1.52. The van der Waals surface area contributed by atoms with Gasteiger partial charge in [-0.15, -0.1) is 0 Å². The SMILES string of the molecule is Cc1ccc(C(=O)NCC(C)CCO)c(Cl)c1. The van der Waals surface area contributed by atoms with Crippen LogP contribution in [-0.4, -0.2) is 24.2 Å². The van der Waals surface area contributed by atoms with E-state index in [1.54, 1.807) is 12.1 Å². The summed E-state index contributed by atoms with van der Waals surface area (Å²) >= 11 is 6.00. The number of aryl methyl sites for hydroxylation is 1. The van der Waals surface area contributed by atoms with Crippen LogP contribution in [0.25, 0.3) is 0 Å². The maximum absolute atomic E-state index is 11.8. The minimum absolute atomic E-state index is 0.141. The third-order valence-electron chi connectivity index (χ3n) is 2.60. The molecule has 1 aromatic rings. The molecular formula is C13H18ClNO2. The largest absolute Gasteiger partial charge is 0.396 e. The highest BCUT2D eigenvalue weighted by Crippen LogP contribution is 2.17. The lowest BCUT2D eigenvalue weighted by atomic mass is 10.1. The Morgan fingerprint density at radius 3 is 2.82 bits per heavy atom. The summed E-state index contributed by atoms with van der Waals surface area (Å²) in [5, 5.41) is 12.0. The van der Waals surface area contributed by atoms with E-state index in [2.05, 4.69) is 5.32 Å². The number of carbonyl (C=O) groups is 1. The van der Waals surface area contributed by atoms with E-state index in [1.165, 1.54) is 0 Å². The maximum atomic E-state index is 11.8. The van der Waals surface area contributed by atoms with Crippen molar-refractivity contribution in [3.05, 3.63) is 34.3 Å². The van der Waals surface area contributed by atoms with E-state index in [1.807, 2.05) is 19.9 Å². The van der Waals surface area contributed by atoms with Gasteiger partial charge in [-0.1, -0.05) is 24.6 Å². The van der Waals surface area contributed by atoms with Crippen LogP contribution in [0.2, 0.25) is 5.02 Å². The van der Waals surface area contributed by atoms with Gasteiger partial charge in [0.1, 0.15) is 0 Å². The number of amides is 1. The van der Waals surface area contributed by atoms with Crippen molar-refractivity contribution in [3.8, 4) is 0 Å². The average Bonchev–Trinajstić information content (AvgIpc) is 2.26. The summed E-state index contributed by atoms with van der Waals surface area (Å²) in [7, 11) is 0.